The minimum atomic E-state index is -4.49. The van der Waals surface area contributed by atoms with Crippen LogP contribution in [0.4, 0.5) is 18.0 Å². The third-order valence-electron chi connectivity index (χ3n) is 4.80. The first-order valence-electron chi connectivity index (χ1n) is 8.65. The average Bonchev–Trinajstić information content (AvgIpc) is 3.20. The predicted molar refractivity (Wildman–Crippen MR) is 85.1 cm³/mol. The zero-order valence-corrected chi connectivity index (χ0v) is 14.5. The van der Waals surface area contributed by atoms with Crippen molar-refractivity contribution >= 4 is 12.0 Å². The molecule has 25 heavy (non-hydrogen) atoms. The van der Waals surface area contributed by atoms with Crippen molar-refractivity contribution in [3.63, 3.8) is 0 Å². The van der Waals surface area contributed by atoms with Gasteiger partial charge in [0.15, 0.2) is 0 Å². The second-order valence-electron chi connectivity index (χ2n) is 7.47. The summed E-state index contributed by atoms with van der Waals surface area (Å²) in [7, 11) is 0. The molecule has 3 N–H and O–H groups in total. The molecular weight excluding hydrogens is 339 g/mol. The van der Waals surface area contributed by atoms with Gasteiger partial charge in [-0.3, -0.25) is 9.69 Å². The molecule has 2 amide bonds. The third kappa shape index (κ3) is 6.05. The quantitative estimate of drug-likeness (QED) is 0.616. The Labute approximate surface area is 145 Å². The maximum Gasteiger partial charge on any atom is 0.408 e. The van der Waals surface area contributed by atoms with E-state index in [1.54, 1.807) is 0 Å². The number of carboxylic acid groups (broad SMARTS) is 1. The summed E-state index contributed by atoms with van der Waals surface area (Å²) in [5.41, 5.74) is 0. The fourth-order valence-corrected chi connectivity index (χ4v) is 3.15. The largest absolute Gasteiger partial charge is 0.480 e. The molecule has 2 saturated carbocycles. The van der Waals surface area contributed by atoms with E-state index in [0.717, 1.165) is 19.4 Å². The lowest BCUT2D eigenvalue weighted by Gasteiger charge is -2.43. The smallest absolute Gasteiger partial charge is 0.408 e. The summed E-state index contributed by atoms with van der Waals surface area (Å²) in [6, 6.07) is -2.87. The Morgan fingerprint density at radius 2 is 1.84 bits per heavy atom. The highest BCUT2D eigenvalue weighted by atomic mass is 19.4. The van der Waals surface area contributed by atoms with E-state index in [0.29, 0.717) is 18.8 Å². The van der Waals surface area contributed by atoms with Crippen LogP contribution in [0.25, 0.3) is 0 Å². The molecule has 0 spiro atoms. The van der Waals surface area contributed by atoms with Gasteiger partial charge in [-0.1, -0.05) is 13.8 Å². The van der Waals surface area contributed by atoms with Crippen molar-refractivity contribution in [1.29, 1.82) is 0 Å². The molecule has 0 saturated heterocycles. The maximum absolute atomic E-state index is 12.9. The first kappa shape index (κ1) is 19.8. The number of hydrogen-bond acceptors (Lipinski definition) is 3. The number of aliphatic carboxylic acids is 1. The molecule has 0 radical (unpaired) electrons. The summed E-state index contributed by atoms with van der Waals surface area (Å²) < 4.78 is 38.6. The number of hydrogen-bond donors (Lipinski definition) is 3. The van der Waals surface area contributed by atoms with Crippen molar-refractivity contribution < 1.29 is 27.9 Å². The van der Waals surface area contributed by atoms with Crippen molar-refractivity contribution in [2.45, 2.75) is 63.8 Å². The van der Waals surface area contributed by atoms with Crippen LogP contribution in [0.3, 0.4) is 0 Å². The number of carbonyl (C=O) groups excluding carboxylic acids is 1. The normalized spacial score (nSPS) is 24.8. The number of urea groups is 1. The monoisotopic (exact) mass is 365 g/mol. The Kier molecular flexibility index (Phi) is 6.18. The van der Waals surface area contributed by atoms with Gasteiger partial charge in [0.1, 0.15) is 6.04 Å². The SMILES string of the molecule is CC(C)[C@H](NC(=O)NC1CC(N(CC(=O)O)CC2CC2)C1)C(F)(F)F. The lowest BCUT2D eigenvalue weighted by molar-refractivity contribution is -0.162. The van der Waals surface area contributed by atoms with Gasteiger partial charge < -0.3 is 15.7 Å². The number of carbonyl (C=O) groups is 2. The third-order valence-corrected chi connectivity index (χ3v) is 4.80. The Hall–Kier alpha value is -1.51. The average molecular weight is 365 g/mol. The van der Waals surface area contributed by atoms with E-state index < -0.39 is 30.1 Å². The maximum atomic E-state index is 12.9. The Bertz CT molecular complexity index is 489. The van der Waals surface area contributed by atoms with E-state index in [1.807, 2.05) is 10.2 Å². The molecule has 1 atom stereocenters. The number of carboxylic acids is 1. The number of nitrogens with one attached hydrogen (secondary N) is 2. The molecule has 0 aromatic carbocycles. The Balaban J connectivity index is 1.77. The van der Waals surface area contributed by atoms with Crippen LogP contribution in [0.5, 0.6) is 0 Å². The topological polar surface area (TPSA) is 81.7 Å². The van der Waals surface area contributed by atoms with Gasteiger partial charge in [0.25, 0.3) is 0 Å². The number of alkyl halides is 3. The van der Waals surface area contributed by atoms with Crippen LogP contribution in [0.1, 0.15) is 39.5 Å². The van der Waals surface area contributed by atoms with Crippen LogP contribution in [0.15, 0.2) is 0 Å². The zero-order valence-electron chi connectivity index (χ0n) is 14.5. The van der Waals surface area contributed by atoms with Crippen LogP contribution in [0.2, 0.25) is 0 Å². The van der Waals surface area contributed by atoms with Crippen molar-refractivity contribution in [2.75, 3.05) is 13.1 Å². The Morgan fingerprint density at radius 1 is 1.24 bits per heavy atom. The minimum Gasteiger partial charge on any atom is -0.480 e. The molecule has 0 aliphatic heterocycles. The minimum absolute atomic E-state index is 0.0381. The second-order valence-corrected chi connectivity index (χ2v) is 7.47. The van der Waals surface area contributed by atoms with Crippen LogP contribution < -0.4 is 10.6 Å². The first-order chi connectivity index (χ1) is 11.6. The Morgan fingerprint density at radius 3 is 2.28 bits per heavy atom. The molecule has 0 aromatic rings. The molecular formula is C16H26F3N3O3. The van der Waals surface area contributed by atoms with Gasteiger partial charge in [-0.2, -0.15) is 13.2 Å². The molecule has 0 heterocycles. The molecule has 0 unspecified atom stereocenters. The van der Waals surface area contributed by atoms with Crippen molar-refractivity contribution in [1.82, 2.24) is 15.5 Å². The standard InChI is InChI=1S/C16H26F3N3O3/c1-9(2)14(16(17,18)19)21-15(25)20-11-5-12(6-11)22(8-13(23)24)7-10-3-4-10/h9-12,14H,3-8H2,1-2H3,(H,23,24)(H2,20,21,25)/t11?,12?,14-/m0/s1. The molecule has 2 aliphatic carbocycles. The van der Waals surface area contributed by atoms with Gasteiger partial charge in [-0.05, 0) is 37.5 Å². The molecule has 0 aromatic heterocycles. The van der Waals surface area contributed by atoms with Crippen LogP contribution in [-0.4, -0.2) is 59.4 Å². The molecule has 2 aliphatic rings. The van der Waals surface area contributed by atoms with Gasteiger partial charge in [-0.15, -0.1) is 0 Å². The summed E-state index contributed by atoms with van der Waals surface area (Å²) >= 11 is 0. The lowest BCUT2D eigenvalue weighted by Crippen LogP contribution is -2.59. The molecule has 9 heteroatoms. The van der Waals surface area contributed by atoms with Gasteiger partial charge in [0.05, 0.1) is 6.54 Å². The molecule has 0 bridgehead atoms. The van der Waals surface area contributed by atoms with Gasteiger partial charge in [0.2, 0.25) is 0 Å². The number of amides is 2. The van der Waals surface area contributed by atoms with E-state index in [4.69, 9.17) is 5.11 Å². The lowest BCUT2D eigenvalue weighted by atomic mass is 9.85. The van der Waals surface area contributed by atoms with Crippen molar-refractivity contribution in [3.8, 4) is 0 Å². The predicted octanol–water partition coefficient (Wildman–Crippen LogP) is 2.20. The fourth-order valence-electron chi connectivity index (χ4n) is 3.15. The van der Waals surface area contributed by atoms with Gasteiger partial charge in [-0.25, -0.2) is 4.79 Å². The van der Waals surface area contributed by atoms with Gasteiger partial charge in [0, 0.05) is 18.6 Å². The highest BCUT2D eigenvalue weighted by Gasteiger charge is 2.43. The molecule has 144 valence electrons. The van der Waals surface area contributed by atoms with Crippen LogP contribution in [0, 0.1) is 11.8 Å². The highest BCUT2D eigenvalue weighted by molar-refractivity contribution is 5.75. The zero-order chi connectivity index (χ0) is 18.8. The van der Waals surface area contributed by atoms with Crippen LogP contribution in [-0.2, 0) is 4.79 Å². The summed E-state index contributed by atoms with van der Waals surface area (Å²) in [4.78, 5) is 24.7. The molecule has 2 fully saturated rings. The van der Waals surface area contributed by atoms with Gasteiger partial charge >= 0.3 is 18.2 Å². The molecule has 6 nitrogen and oxygen atoms in total. The van der Waals surface area contributed by atoms with E-state index in [2.05, 4.69) is 5.32 Å². The van der Waals surface area contributed by atoms with E-state index >= 15 is 0 Å². The highest BCUT2D eigenvalue weighted by Crippen LogP contribution is 2.33. The van der Waals surface area contributed by atoms with E-state index in [1.165, 1.54) is 13.8 Å². The summed E-state index contributed by atoms with van der Waals surface area (Å²) in [5.74, 6) is -1.10. The summed E-state index contributed by atoms with van der Waals surface area (Å²) in [6.45, 7) is 3.50. The summed E-state index contributed by atoms with van der Waals surface area (Å²) in [6.07, 6.45) is -1.14. The summed E-state index contributed by atoms with van der Waals surface area (Å²) in [5, 5.41) is 13.5. The van der Waals surface area contributed by atoms with Crippen LogP contribution >= 0.6 is 0 Å². The van der Waals surface area contributed by atoms with Crippen molar-refractivity contribution in [2.24, 2.45) is 11.8 Å². The first-order valence-corrected chi connectivity index (χ1v) is 8.65. The number of nitrogens with zero attached hydrogens (tertiary/aromatic N) is 1. The fraction of sp³-hybridized carbons (Fsp3) is 0.875. The van der Waals surface area contributed by atoms with E-state index in [9.17, 15) is 22.8 Å². The van der Waals surface area contributed by atoms with Crippen molar-refractivity contribution in [3.05, 3.63) is 0 Å². The second kappa shape index (κ2) is 7.80. The van der Waals surface area contributed by atoms with E-state index in [-0.39, 0.29) is 18.6 Å². The molecule has 2 rings (SSSR count). The number of halogens is 3. The number of rotatable bonds is 8.